The number of hydrogen-bond donors (Lipinski definition) is 4. The van der Waals surface area contributed by atoms with E-state index in [1.54, 1.807) is 0 Å². The Bertz CT molecular complexity index is 1150. The van der Waals surface area contributed by atoms with E-state index in [0.29, 0.717) is 13.0 Å². The van der Waals surface area contributed by atoms with Crippen LogP contribution < -0.4 is 0 Å². The first-order chi connectivity index (χ1) is 30.6. The highest BCUT2D eigenvalue weighted by Gasteiger charge is 2.48. The highest BCUT2D eigenvalue weighted by atomic mass is 32.3. The van der Waals surface area contributed by atoms with Gasteiger partial charge >= 0.3 is 16.4 Å². The molecule has 0 spiro atoms. The molecule has 1 heterocycles. The Morgan fingerprint density at radius 1 is 0.587 bits per heavy atom. The van der Waals surface area contributed by atoms with Crippen molar-refractivity contribution in [2.75, 3.05) is 26.4 Å². The first-order valence-electron chi connectivity index (χ1n) is 25.9. The molecule has 1 fully saturated rings. The molecule has 0 aromatic rings. The van der Waals surface area contributed by atoms with Gasteiger partial charge in [-0.3, -0.25) is 9.35 Å². The summed E-state index contributed by atoms with van der Waals surface area (Å²) in [6, 6.07) is 0. The van der Waals surface area contributed by atoms with Gasteiger partial charge in [-0.25, -0.2) is 4.18 Å². The zero-order chi connectivity index (χ0) is 46.1. The number of carbonyl (C=O) groups excluding carboxylic acids is 1. The quantitative estimate of drug-likeness (QED) is 0.0197. The molecular formula is C50H96O12S. The van der Waals surface area contributed by atoms with E-state index in [9.17, 15) is 33.1 Å². The van der Waals surface area contributed by atoms with Gasteiger partial charge in [-0.2, -0.15) is 8.42 Å². The third kappa shape index (κ3) is 35.7. The number of allylic oxidation sites excluding steroid dienone is 2. The molecule has 0 bridgehead atoms. The van der Waals surface area contributed by atoms with Crippen molar-refractivity contribution in [3.05, 3.63) is 12.2 Å². The fourth-order valence-corrected chi connectivity index (χ4v) is 8.71. The number of ether oxygens (including phenoxy) is 4. The minimum absolute atomic E-state index is 0.0419. The minimum atomic E-state index is -5.06. The molecule has 13 heteroatoms. The number of rotatable bonds is 46. The molecule has 0 amide bonds. The van der Waals surface area contributed by atoms with E-state index in [-0.39, 0.29) is 19.6 Å². The second-order valence-corrected chi connectivity index (χ2v) is 19.2. The second kappa shape index (κ2) is 42.2. The maximum absolute atomic E-state index is 12.9. The molecule has 6 atom stereocenters. The van der Waals surface area contributed by atoms with Crippen LogP contribution in [-0.2, 0) is 38.3 Å². The summed E-state index contributed by atoms with van der Waals surface area (Å²) in [5.41, 5.74) is 0. The number of aliphatic hydroxyl groups is 3. The molecule has 6 unspecified atom stereocenters. The van der Waals surface area contributed by atoms with Crippen LogP contribution in [-0.4, -0.2) is 97.5 Å². The highest BCUT2D eigenvalue weighted by molar-refractivity contribution is 7.80. The number of carbonyl (C=O) groups is 1. The normalized spacial score (nSPS) is 19.9. The van der Waals surface area contributed by atoms with Gasteiger partial charge in [0.1, 0.15) is 30.5 Å². The summed E-state index contributed by atoms with van der Waals surface area (Å²) in [6.07, 6.45) is 38.2. The molecule has 1 saturated heterocycles. The monoisotopic (exact) mass is 921 g/mol. The topological polar surface area (TPSA) is 178 Å². The lowest BCUT2D eigenvalue weighted by atomic mass is 9.99. The summed E-state index contributed by atoms with van der Waals surface area (Å²) in [5, 5.41) is 30.7. The van der Waals surface area contributed by atoms with E-state index in [1.165, 1.54) is 173 Å². The van der Waals surface area contributed by atoms with Crippen molar-refractivity contribution in [2.45, 2.75) is 275 Å². The molecule has 1 rings (SSSR count). The summed E-state index contributed by atoms with van der Waals surface area (Å²) in [6.45, 7) is 4.03. The maximum Gasteiger partial charge on any atom is 0.397 e. The first kappa shape index (κ1) is 59.9. The SMILES string of the molecule is CCCCCCCCCC/C=C\CCCCCCCCCCCCCC(=O)OC(COCCCCCCCCCCCCCCC)COC1OC(CO)C(O)C(OS(=O)(=O)O)C1O. The molecule has 0 aliphatic carbocycles. The highest BCUT2D eigenvalue weighted by Crippen LogP contribution is 2.26. The van der Waals surface area contributed by atoms with E-state index in [4.69, 9.17) is 18.9 Å². The van der Waals surface area contributed by atoms with Gasteiger partial charge in [0.05, 0.1) is 19.8 Å². The van der Waals surface area contributed by atoms with Crippen molar-refractivity contribution in [1.29, 1.82) is 0 Å². The molecule has 4 N–H and O–H groups in total. The zero-order valence-corrected chi connectivity index (χ0v) is 41.0. The summed E-state index contributed by atoms with van der Waals surface area (Å²) in [5.74, 6) is -0.395. The summed E-state index contributed by atoms with van der Waals surface area (Å²) >= 11 is 0. The van der Waals surface area contributed by atoms with Gasteiger partial charge in [0, 0.05) is 13.0 Å². The van der Waals surface area contributed by atoms with Crippen molar-refractivity contribution >= 4 is 16.4 Å². The van der Waals surface area contributed by atoms with Crippen LogP contribution in [0.15, 0.2) is 12.2 Å². The van der Waals surface area contributed by atoms with Crippen LogP contribution in [0.5, 0.6) is 0 Å². The Hall–Kier alpha value is -1.16. The minimum Gasteiger partial charge on any atom is -0.457 e. The van der Waals surface area contributed by atoms with Crippen LogP contribution in [0.3, 0.4) is 0 Å². The Labute approximate surface area is 385 Å². The van der Waals surface area contributed by atoms with Crippen LogP contribution in [0.4, 0.5) is 0 Å². The fourth-order valence-electron chi connectivity index (χ4n) is 8.20. The van der Waals surface area contributed by atoms with Crippen molar-refractivity contribution in [2.24, 2.45) is 0 Å². The Morgan fingerprint density at radius 2 is 1.00 bits per heavy atom. The molecule has 12 nitrogen and oxygen atoms in total. The Balaban J connectivity index is 2.31. The maximum atomic E-state index is 12.9. The molecule has 374 valence electrons. The zero-order valence-electron chi connectivity index (χ0n) is 40.2. The van der Waals surface area contributed by atoms with Crippen molar-refractivity contribution < 1.29 is 56.2 Å². The lowest BCUT2D eigenvalue weighted by Gasteiger charge is -2.41. The summed E-state index contributed by atoms with van der Waals surface area (Å²) in [4.78, 5) is 12.9. The van der Waals surface area contributed by atoms with Crippen LogP contribution >= 0.6 is 0 Å². The van der Waals surface area contributed by atoms with Gasteiger partial charge in [-0.05, 0) is 38.5 Å². The van der Waals surface area contributed by atoms with E-state index in [2.05, 4.69) is 30.2 Å². The van der Waals surface area contributed by atoms with E-state index < -0.39 is 59.8 Å². The second-order valence-electron chi connectivity index (χ2n) is 18.1. The van der Waals surface area contributed by atoms with Gasteiger partial charge in [-0.15, -0.1) is 0 Å². The predicted octanol–water partition coefficient (Wildman–Crippen LogP) is 11.8. The Morgan fingerprint density at radius 3 is 1.43 bits per heavy atom. The third-order valence-electron chi connectivity index (χ3n) is 12.1. The lowest BCUT2D eigenvalue weighted by molar-refractivity contribution is -0.301. The average molecular weight is 921 g/mol. The largest absolute Gasteiger partial charge is 0.457 e. The first-order valence-corrected chi connectivity index (χ1v) is 27.3. The molecule has 0 radical (unpaired) electrons. The standard InChI is InChI=1S/C50H96O12S/c1-3-5-7-9-11-13-15-17-18-19-20-21-22-23-24-25-26-27-29-31-33-35-37-39-46(52)60-44(42-58-40-38-36-34-32-30-28-16-14-12-10-8-6-4-2)43-59-50-48(54)49(62-63(55,56)57)47(53)45(41-51)61-50/h19-20,44-45,47-51,53-54H,3-18,21-43H2,1-2H3,(H,55,56,57)/b20-19-. The van der Waals surface area contributed by atoms with Gasteiger partial charge in [-0.1, -0.05) is 206 Å². The molecular weight excluding hydrogens is 825 g/mol. The number of unbranched alkanes of at least 4 members (excludes halogenated alkanes) is 31. The average Bonchev–Trinajstić information content (AvgIpc) is 3.26. The van der Waals surface area contributed by atoms with Gasteiger partial charge in [0.2, 0.25) is 0 Å². The Kier molecular flexibility index (Phi) is 40.1. The van der Waals surface area contributed by atoms with Gasteiger partial charge < -0.3 is 34.3 Å². The molecule has 0 aromatic carbocycles. The van der Waals surface area contributed by atoms with Crippen LogP contribution in [0.25, 0.3) is 0 Å². The molecule has 1 aliphatic heterocycles. The summed E-state index contributed by atoms with van der Waals surface area (Å²) < 4.78 is 59.2. The van der Waals surface area contributed by atoms with Crippen molar-refractivity contribution in [3.8, 4) is 0 Å². The van der Waals surface area contributed by atoms with E-state index in [0.717, 1.165) is 38.5 Å². The molecule has 63 heavy (non-hydrogen) atoms. The van der Waals surface area contributed by atoms with Crippen LogP contribution in [0, 0.1) is 0 Å². The molecule has 0 saturated carbocycles. The lowest BCUT2D eigenvalue weighted by Crippen LogP contribution is -2.60. The summed E-state index contributed by atoms with van der Waals surface area (Å²) in [7, 11) is -5.06. The van der Waals surface area contributed by atoms with Crippen molar-refractivity contribution in [1.82, 2.24) is 0 Å². The molecule has 0 aromatic heterocycles. The van der Waals surface area contributed by atoms with Crippen LogP contribution in [0.2, 0.25) is 0 Å². The van der Waals surface area contributed by atoms with E-state index >= 15 is 0 Å². The smallest absolute Gasteiger partial charge is 0.397 e. The number of esters is 1. The third-order valence-corrected chi connectivity index (χ3v) is 12.6. The number of aliphatic hydroxyl groups excluding tert-OH is 3. The van der Waals surface area contributed by atoms with E-state index in [1.807, 2.05) is 0 Å². The van der Waals surface area contributed by atoms with Crippen molar-refractivity contribution in [3.63, 3.8) is 0 Å². The van der Waals surface area contributed by atoms with Crippen LogP contribution in [0.1, 0.15) is 239 Å². The number of hydrogen-bond acceptors (Lipinski definition) is 11. The van der Waals surface area contributed by atoms with Gasteiger partial charge in [0.25, 0.3) is 0 Å². The predicted molar refractivity (Wildman–Crippen MR) is 253 cm³/mol. The molecule has 1 aliphatic rings. The van der Waals surface area contributed by atoms with Gasteiger partial charge in [0.15, 0.2) is 6.29 Å². The fraction of sp³-hybridized carbons (Fsp3) is 0.940.